The van der Waals surface area contributed by atoms with Crippen LogP contribution in [0.5, 0.6) is 0 Å². The first kappa shape index (κ1) is 16.3. The van der Waals surface area contributed by atoms with Gasteiger partial charge in [0.15, 0.2) is 5.82 Å². The van der Waals surface area contributed by atoms with E-state index in [1.165, 1.54) is 6.33 Å². The molecule has 4 rings (SSSR count). The molecule has 3 heterocycles. The van der Waals surface area contributed by atoms with E-state index >= 15 is 0 Å². The predicted octanol–water partition coefficient (Wildman–Crippen LogP) is 2.40. The molecule has 1 atom stereocenters. The molecule has 0 aliphatic carbocycles. The fraction of sp³-hybridized carbons (Fsp3) is 0.263. The Balaban J connectivity index is 1.73. The lowest BCUT2D eigenvalue weighted by Gasteiger charge is -2.24. The lowest BCUT2D eigenvalue weighted by atomic mass is 10.1. The lowest BCUT2D eigenvalue weighted by molar-refractivity contribution is 0.0984. The molecule has 0 fully saturated rings. The number of nitrogens with zero attached hydrogens (tertiary/aromatic N) is 6. The minimum atomic E-state index is -0.0386. The number of fused-ring (bicyclic) bond motifs is 1. The minimum absolute atomic E-state index is 0.0386. The standard InChI is InChI=1S/C19H20N6O/c1-14-10-23(2)16-5-3-4-6-17(16)24(11-14)19(26)15-7-8-21-18(9-15)25-13-20-12-22-25/h3-9,12-14H,10-11H2,1-2H3. The first-order valence-electron chi connectivity index (χ1n) is 8.56. The number of carbonyl (C=O) groups is 1. The molecule has 7 heteroatoms. The average Bonchev–Trinajstić information content (AvgIpc) is 3.16. The van der Waals surface area contributed by atoms with Gasteiger partial charge >= 0.3 is 0 Å². The Labute approximate surface area is 151 Å². The molecule has 132 valence electrons. The van der Waals surface area contributed by atoms with Crippen LogP contribution in [0.15, 0.2) is 55.2 Å². The van der Waals surface area contributed by atoms with Gasteiger partial charge in [0.25, 0.3) is 5.91 Å². The maximum Gasteiger partial charge on any atom is 0.258 e. The zero-order valence-corrected chi connectivity index (χ0v) is 14.8. The van der Waals surface area contributed by atoms with Crippen molar-refractivity contribution in [2.45, 2.75) is 6.92 Å². The normalized spacial score (nSPS) is 16.9. The van der Waals surface area contributed by atoms with Gasteiger partial charge in [-0.25, -0.2) is 14.6 Å². The quantitative estimate of drug-likeness (QED) is 0.711. The molecular weight excluding hydrogens is 328 g/mol. The highest BCUT2D eigenvalue weighted by Crippen LogP contribution is 2.33. The molecule has 1 amide bonds. The Bertz CT molecular complexity index is 923. The summed E-state index contributed by atoms with van der Waals surface area (Å²) in [4.78, 5) is 25.6. The Morgan fingerprint density at radius 2 is 1.96 bits per heavy atom. The van der Waals surface area contributed by atoms with Crippen molar-refractivity contribution in [2.75, 3.05) is 29.9 Å². The summed E-state index contributed by atoms with van der Waals surface area (Å²) in [5, 5.41) is 4.08. The zero-order valence-electron chi connectivity index (χ0n) is 14.8. The van der Waals surface area contributed by atoms with Crippen molar-refractivity contribution in [3.8, 4) is 5.82 Å². The van der Waals surface area contributed by atoms with E-state index in [2.05, 4.69) is 40.0 Å². The molecule has 0 saturated carbocycles. The van der Waals surface area contributed by atoms with Gasteiger partial charge in [-0.3, -0.25) is 4.79 Å². The van der Waals surface area contributed by atoms with Crippen molar-refractivity contribution in [2.24, 2.45) is 5.92 Å². The van der Waals surface area contributed by atoms with E-state index in [4.69, 9.17) is 0 Å². The number of anilines is 2. The van der Waals surface area contributed by atoms with Gasteiger partial charge in [0.05, 0.1) is 11.4 Å². The van der Waals surface area contributed by atoms with E-state index in [0.29, 0.717) is 23.8 Å². The summed E-state index contributed by atoms with van der Waals surface area (Å²) >= 11 is 0. The SMILES string of the molecule is CC1CN(C)c2ccccc2N(C(=O)c2ccnc(-n3cncn3)c2)C1. The van der Waals surface area contributed by atoms with E-state index in [9.17, 15) is 4.79 Å². The molecular formula is C19H20N6O. The molecule has 2 aromatic heterocycles. The van der Waals surface area contributed by atoms with Gasteiger partial charge in [0.1, 0.15) is 12.7 Å². The van der Waals surface area contributed by atoms with Crippen LogP contribution in [-0.4, -0.2) is 45.8 Å². The van der Waals surface area contributed by atoms with Gasteiger partial charge in [0, 0.05) is 31.9 Å². The second-order valence-electron chi connectivity index (χ2n) is 6.63. The fourth-order valence-electron chi connectivity index (χ4n) is 3.40. The van der Waals surface area contributed by atoms with Crippen molar-refractivity contribution >= 4 is 17.3 Å². The number of benzene rings is 1. The minimum Gasteiger partial charge on any atom is -0.373 e. The molecule has 1 aromatic carbocycles. The summed E-state index contributed by atoms with van der Waals surface area (Å²) in [6.07, 6.45) is 4.64. The van der Waals surface area contributed by atoms with E-state index in [-0.39, 0.29) is 5.91 Å². The number of para-hydroxylation sites is 2. The van der Waals surface area contributed by atoms with Gasteiger partial charge in [-0.05, 0) is 30.2 Å². The van der Waals surface area contributed by atoms with Gasteiger partial charge < -0.3 is 9.80 Å². The van der Waals surface area contributed by atoms with Gasteiger partial charge in [-0.15, -0.1) is 0 Å². The molecule has 0 saturated heterocycles. The Morgan fingerprint density at radius 3 is 2.73 bits per heavy atom. The first-order chi connectivity index (χ1) is 12.6. The van der Waals surface area contributed by atoms with Crippen LogP contribution in [0, 0.1) is 5.92 Å². The average molecular weight is 348 g/mol. The van der Waals surface area contributed by atoms with Crippen molar-refractivity contribution in [3.63, 3.8) is 0 Å². The molecule has 1 unspecified atom stereocenters. The van der Waals surface area contributed by atoms with Crippen LogP contribution < -0.4 is 9.80 Å². The van der Waals surface area contributed by atoms with Crippen LogP contribution in [0.4, 0.5) is 11.4 Å². The third-order valence-corrected chi connectivity index (χ3v) is 4.55. The molecule has 0 spiro atoms. The molecule has 0 N–H and O–H groups in total. The second kappa shape index (κ2) is 6.59. The number of hydrogen-bond donors (Lipinski definition) is 0. The molecule has 26 heavy (non-hydrogen) atoms. The van der Waals surface area contributed by atoms with Crippen LogP contribution in [0.2, 0.25) is 0 Å². The fourth-order valence-corrected chi connectivity index (χ4v) is 3.40. The molecule has 0 radical (unpaired) electrons. The van der Waals surface area contributed by atoms with Gasteiger partial charge in [-0.2, -0.15) is 5.10 Å². The van der Waals surface area contributed by atoms with E-state index in [1.807, 2.05) is 23.1 Å². The van der Waals surface area contributed by atoms with E-state index in [1.54, 1.807) is 29.3 Å². The summed E-state index contributed by atoms with van der Waals surface area (Å²) in [6, 6.07) is 11.5. The van der Waals surface area contributed by atoms with Crippen molar-refractivity contribution in [1.82, 2.24) is 19.7 Å². The lowest BCUT2D eigenvalue weighted by Crippen LogP contribution is -2.35. The number of amides is 1. The van der Waals surface area contributed by atoms with Crippen LogP contribution in [0.3, 0.4) is 0 Å². The van der Waals surface area contributed by atoms with Crippen LogP contribution in [-0.2, 0) is 0 Å². The van der Waals surface area contributed by atoms with Crippen molar-refractivity contribution < 1.29 is 4.79 Å². The van der Waals surface area contributed by atoms with E-state index in [0.717, 1.165) is 17.9 Å². The molecule has 0 bridgehead atoms. The van der Waals surface area contributed by atoms with Crippen molar-refractivity contribution in [1.29, 1.82) is 0 Å². The largest absolute Gasteiger partial charge is 0.373 e. The van der Waals surface area contributed by atoms with Crippen LogP contribution in [0.1, 0.15) is 17.3 Å². The summed E-state index contributed by atoms with van der Waals surface area (Å²) in [5.41, 5.74) is 2.58. The summed E-state index contributed by atoms with van der Waals surface area (Å²) < 4.78 is 1.55. The van der Waals surface area contributed by atoms with Crippen LogP contribution in [0.25, 0.3) is 5.82 Å². The molecule has 1 aliphatic heterocycles. The maximum absolute atomic E-state index is 13.3. The summed E-state index contributed by atoms with van der Waals surface area (Å²) in [7, 11) is 2.07. The topological polar surface area (TPSA) is 67.2 Å². The Kier molecular flexibility index (Phi) is 4.12. The highest BCUT2D eigenvalue weighted by molar-refractivity contribution is 6.08. The highest BCUT2D eigenvalue weighted by Gasteiger charge is 2.27. The monoisotopic (exact) mass is 348 g/mol. The summed E-state index contributed by atoms with van der Waals surface area (Å²) in [5.74, 6) is 0.887. The number of aromatic nitrogens is 4. The van der Waals surface area contributed by atoms with Crippen molar-refractivity contribution in [3.05, 3.63) is 60.8 Å². The van der Waals surface area contributed by atoms with Gasteiger partial charge in [0.2, 0.25) is 0 Å². The first-order valence-corrected chi connectivity index (χ1v) is 8.56. The molecule has 3 aromatic rings. The number of hydrogen-bond acceptors (Lipinski definition) is 5. The Morgan fingerprint density at radius 1 is 1.15 bits per heavy atom. The molecule has 1 aliphatic rings. The third-order valence-electron chi connectivity index (χ3n) is 4.55. The second-order valence-corrected chi connectivity index (χ2v) is 6.63. The van der Waals surface area contributed by atoms with Gasteiger partial charge in [-0.1, -0.05) is 19.1 Å². The smallest absolute Gasteiger partial charge is 0.258 e. The number of carbonyl (C=O) groups excluding carboxylic acids is 1. The predicted molar refractivity (Wildman–Crippen MR) is 99.7 cm³/mol. The zero-order chi connectivity index (χ0) is 18.1. The highest BCUT2D eigenvalue weighted by atomic mass is 16.2. The van der Waals surface area contributed by atoms with E-state index < -0.39 is 0 Å². The number of pyridine rings is 1. The third kappa shape index (κ3) is 2.92. The maximum atomic E-state index is 13.3. The summed E-state index contributed by atoms with van der Waals surface area (Å²) in [6.45, 7) is 3.73. The number of rotatable bonds is 2. The Hall–Kier alpha value is -3.22. The van der Waals surface area contributed by atoms with Crippen LogP contribution >= 0.6 is 0 Å². The molecule has 7 nitrogen and oxygen atoms in total.